The van der Waals surface area contributed by atoms with Crippen molar-refractivity contribution in [2.45, 2.75) is 32.5 Å². The maximum atomic E-state index is 13.6. The third kappa shape index (κ3) is 6.08. The Labute approximate surface area is 232 Å². The Kier molecular flexibility index (Phi) is 7.76. The Morgan fingerprint density at radius 2 is 1.68 bits per heavy atom. The summed E-state index contributed by atoms with van der Waals surface area (Å²) in [5, 5.41) is 25.4. The number of aliphatic hydroxyl groups excluding tert-OH is 1. The Hall–Kier alpha value is -3.61. The van der Waals surface area contributed by atoms with Crippen LogP contribution in [0.2, 0.25) is 0 Å². The van der Waals surface area contributed by atoms with Gasteiger partial charge >= 0.3 is 0 Å². The van der Waals surface area contributed by atoms with E-state index in [1.54, 1.807) is 30.8 Å². The minimum Gasteiger partial charge on any atom is -0.391 e. The van der Waals surface area contributed by atoms with Crippen molar-refractivity contribution in [3.63, 3.8) is 0 Å². The molecular formula is C28H36F2N8O2. The summed E-state index contributed by atoms with van der Waals surface area (Å²) < 4.78 is 28.9. The summed E-state index contributed by atoms with van der Waals surface area (Å²) in [5.74, 6) is -0.257. The van der Waals surface area contributed by atoms with E-state index < -0.39 is 23.3 Å². The summed E-state index contributed by atoms with van der Waals surface area (Å²) >= 11 is 0. The van der Waals surface area contributed by atoms with Crippen LogP contribution in [0.5, 0.6) is 0 Å². The van der Waals surface area contributed by atoms with Gasteiger partial charge in [0.2, 0.25) is 5.95 Å². The van der Waals surface area contributed by atoms with E-state index in [1.165, 1.54) is 12.1 Å². The first kappa shape index (κ1) is 27.9. The largest absolute Gasteiger partial charge is 0.391 e. The first-order chi connectivity index (χ1) is 19.0. The number of β-amino-alcohol motifs (C(OH)–C–C–N with tert-alkyl or cyclic N) is 1. The fraction of sp³-hybridized carbons (Fsp3) is 0.464. The highest BCUT2D eigenvalue weighted by molar-refractivity contribution is 5.54. The minimum atomic E-state index is -1.02. The number of halogens is 2. The molecule has 2 aromatic heterocycles. The highest BCUT2D eigenvalue weighted by Gasteiger charge is 2.41. The number of aliphatic hydroxyl groups is 2. The fourth-order valence-electron chi connectivity index (χ4n) is 5.43. The molecule has 40 heavy (non-hydrogen) atoms. The molecule has 0 bridgehead atoms. The van der Waals surface area contributed by atoms with Crippen LogP contribution in [-0.2, 0) is 0 Å². The highest BCUT2D eigenvalue weighted by atomic mass is 19.1. The summed E-state index contributed by atoms with van der Waals surface area (Å²) in [5.41, 5.74) is 7.41. The number of aromatic nitrogens is 4. The molecule has 2 atom stereocenters. The van der Waals surface area contributed by atoms with Gasteiger partial charge in [-0.3, -0.25) is 4.90 Å². The number of benzene rings is 1. The molecule has 0 spiro atoms. The zero-order chi connectivity index (χ0) is 28.6. The number of anilines is 3. The van der Waals surface area contributed by atoms with E-state index in [2.05, 4.69) is 26.0 Å². The van der Waals surface area contributed by atoms with E-state index in [0.29, 0.717) is 43.5 Å². The van der Waals surface area contributed by atoms with Gasteiger partial charge in [-0.1, -0.05) is 12.2 Å². The number of nitrogens with zero attached hydrogens (tertiary/aromatic N) is 7. The van der Waals surface area contributed by atoms with Crippen LogP contribution in [-0.4, -0.2) is 92.4 Å². The minimum absolute atomic E-state index is 0.0980. The zero-order valence-electron chi connectivity index (χ0n) is 23.0. The van der Waals surface area contributed by atoms with E-state index >= 15 is 0 Å². The number of piperazine rings is 1. The van der Waals surface area contributed by atoms with E-state index in [4.69, 9.17) is 5.73 Å². The van der Waals surface area contributed by atoms with Crippen molar-refractivity contribution in [3.05, 3.63) is 59.4 Å². The molecule has 5 rings (SSSR count). The van der Waals surface area contributed by atoms with Crippen LogP contribution in [0.1, 0.15) is 25.1 Å². The summed E-state index contributed by atoms with van der Waals surface area (Å²) in [6, 6.07) is 5.41. The molecule has 0 amide bonds. The lowest BCUT2D eigenvalue weighted by Crippen LogP contribution is -2.46. The number of rotatable bonds is 7. The molecule has 0 radical (unpaired) electrons. The quantitative estimate of drug-likeness (QED) is 0.404. The number of nitrogens with two attached hydrogens (primary N) is 1. The smallest absolute Gasteiger partial charge is 0.224 e. The molecule has 3 aromatic rings. The molecule has 10 nitrogen and oxygen atoms in total. The number of hydrogen-bond donors (Lipinski definition) is 3. The number of nitrogen functional groups attached to an aromatic ring is 1. The van der Waals surface area contributed by atoms with E-state index in [-0.39, 0.29) is 11.9 Å². The Morgan fingerprint density at radius 3 is 2.33 bits per heavy atom. The van der Waals surface area contributed by atoms with Crippen molar-refractivity contribution in [1.82, 2.24) is 24.6 Å². The predicted molar refractivity (Wildman–Crippen MR) is 150 cm³/mol. The number of hydrogen-bond acceptors (Lipinski definition) is 9. The Bertz CT molecular complexity index is 1360. The van der Waals surface area contributed by atoms with Crippen molar-refractivity contribution < 1.29 is 19.0 Å². The third-order valence-electron chi connectivity index (χ3n) is 7.75. The van der Waals surface area contributed by atoms with Crippen molar-refractivity contribution >= 4 is 23.5 Å². The van der Waals surface area contributed by atoms with Gasteiger partial charge in [-0.25, -0.2) is 13.5 Å². The lowest BCUT2D eigenvalue weighted by molar-refractivity contribution is -0.0229. The molecule has 12 heteroatoms. The first-order valence-electron chi connectivity index (χ1n) is 13.4. The van der Waals surface area contributed by atoms with E-state index in [9.17, 15) is 19.0 Å². The molecule has 214 valence electrons. The van der Waals surface area contributed by atoms with Gasteiger partial charge in [-0.2, -0.15) is 15.1 Å². The maximum absolute atomic E-state index is 13.6. The van der Waals surface area contributed by atoms with Crippen molar-refractivity contribution in [2.75, 3.05) is 61.3 Å². The molecule has 2 aliphatic rings. The van der Waals surface area contributed by atoms with Crippen LogP contribution in [0, 0.1) is 24.5 Å². The van der Waals surface area contributed by atoms with Gasteiger partial charge in [0.25, 0.3) is 0 Å². The molecule has 2 aliphatic heterocycles. The Morgan fingerprint density at radius 1 is 1.00 bits per heavy atom. The first-order valence-corrected chi connectivity index (χ1v) is 13.4. The van der Waals surface area contributed by atoms with Crippen LogP contribution in [0.4, 0.5) is 26.2 Å². The van der Waals surface area contributed by atoms with E-state index in [0.717, 1.165) is 37.0 Å². The van der Waals surface area contributed by atoms with Crippen LogP contribution in [0.3, 0.4) is 0 Å². The summed E-state index contributed by atoms with van der Waals surface area (Å²) in [7, 11) is 0. The lowest BCUT2D eigenvalue weighted by Gasteiger charge is -2.35. The van der Waals surface area contributed by atoms with Crippen molar-refractivity contribution in [3.8, 4) is 5.82 Å². The zero-order valence-corrected chi connectivity index (χ0v) is 23.0. The molecule has 0 aliphatic carbocycles. The van der Waals surface area contributed by atoms with Gasteiger partial charge < -0.3 is 25.7 Å². The van der Waals surface area contributed by atoms with Gasteiger partial charge in [0.15, 0.2) is 5.82 Å². The van der Waals surface area contributed by atoms with Crippen LogP contribution < -0.4 is 15.5 Å². The third-order valence-corrected chi connectivity index (χ3v) is 7.75. The Balaban J connectivity index is 1.22. The molecule has 2 saturated heterocycles. The molecule has 2 unspecified atom stereocenters. The van der Waals surface area contributed by atoms with Crippen LogP contribution in [0.25, 0.3) is 11.9 Å². The lowest BCUT2D eigenvalue weighted by atomic mass is 9.89. The molecular weight excluding hydrogens is 518 g/mol. The summed E-state index contributed by atoms with van der Waals surface area (Å²) in [6.45, 7) is 9.80. The van der Waals surface area contributed by atoms with Gasteiger partial charge in [0, 0.05) is 75.1 Å². The molecule has 0 saturated carbocycles. The topological polar surface area (TPSA) is 120 Å². The summed E-state index contributed by atoms with van der Waals surface area (Å²) in [4.78, 5) is 14.9. The van der Waals surface area contributed by atoms with Crippen LogP contribution in [0.15, 0.2) is 36.5 Å². The van der Waals surface area contributed by atoms with Gasteiger partial charge in [0.1, 0.15) is 17.5 Å². The SMILES string of the molecule is Cc1c(C=CCN2CCN(c3cc(F)cc(F)c3)CC2)cnn1-c1cc(N2CC(O)C(C(C)(C)O)C2)nc(N)n1. The fourth-order valence-corrected chi connectivity index (χ4v) is 5.43. The molecule has 4 N–H and O–H groups in total. The molecule has 2 fully saturated rings. The highest BCUT2D eigenvalue weighted by Crippen LogP contribution is 2.31. The van der Waals surface area contributed by atoms with E-state index in [1.807, 2.05) is 22.8 Å². The summed E-state index contributed by atoms with van der Waals surface area (Å²) in [6.07, 6.45) is 5.18. The van der Waals surface area contributed by atoms with Crippen molar-refractivity contribution in [1.29, 1.82) is 0 Å². The predicted octanol–water partition coefficient (Wildman–Crippen LogP) is 2.23. The average Bonchev–Trinajstić information content (AvgIpc) is 3.46. The standard InChI is InChI=1S/C28H36F2N8O2/c1-18-19(5-4-6-35-7-9-36(10-8-35)22-12-20(29)11-21(30)13-22)15-32-38(18)26-14-25(33-27(31)34-26)37-16-23(24(39)17-37)28(2,3)40/h4-5,11-15,23-24,39-40H,6-10,16-17H2,1-3H3,(H2,31,33,34). The van der Waals surface area contributed by atoms with Gasteiger partial charge in [0.05, 0.1) is 23.6 Å². The average molecular weight is 555 g/mol. The second-order valence-electron chi connectivity index (χ2n) is 11.1. The monoisotopic (exact) mass is 554 g/mol. The molecule has 1 aromatic carbocycles. The van der Waals surface area contributed by atoms with Crippen molar-refractivity contribution in [2.24, 2.45) is 5.92 Å². The second kappa shape index (κ2) is 11.1. The van der Waals surface area contributed by atoms with Crippen LogP contribution >= 0.6 is 0 Å². The second-order valence-corrected chi connectivity index (χ2v) is 11.1. The normalized spacial score (nSPS) is 20.7. The van der Waals surface area contributed by atoms with Gasteiger partial charge in [-0.15, -0.1) is 0 Å². The maximum Gasteiger partial charge on any atom is 0.224 e. The molecule has 4 heterocycles. The van der Waals surface area contributed by atoms with Gasteiger partial charge in [-0.05, 0) is 32.9 Å².